The van der Waals surface area contributed by atoms with Gasteiger partial charge in [-0.15, -0.1) is 6.42 Å². The fourth-order valence-electron chi connectivity index (χ4n) is 4.24. The average Bonchev–Trinajstić information content (AvgIpc) is 3.21. The number of thiazole rings is 1. The molecule has 0 radical (unpaired) electrons. The van der Waals surface area contributed by atoms with Crippen molar-refractivity contribution in [1.29, 1.82) is 0 Å². The Morgan fingerprint density at radius 3 is 2.58 bits per heavy atom. The van der Waals surface area contributed by atoms with Crippen molar-refractivity contribution >= 4 is 23.4 Å². The van der Waals surface area contributed by atoms with Crippen molar-refractivity contribution in [2.75, 3.05) is 26.9 Å². The number of allylic oxidation sites excluding steroid dienone is 1. The van der Waals surface area contributed by atoms with Crippen LogP contribution in [0.15, 0.2) is 63.5 Å². The summed E-state index contributed by atoms with van der Waals surface area (Å²) in [4.78, 5) is 32.0. The Morgan fingerprint density at radius 2 is 1.92 bits per heavy atom. The van der Waals surface area contributed by atoms with Crippen LogP contribution in [0.5, 0.6) is 17.2 Å². The smallest absolute Gasteiger partial charge is 0.338 e. The van der Waals surface area contributed by atoms with Gasteiger partial charge in [-0.1, -0.05) is 41.5 Å². The van der Waals surface area contributed by atoms with Crippen molar-refractivity contribution < 1.29 is 23.7 Å². The SMILES string of the molecule is C#CCOc1c(/C=c2\sc3n(c2=O)[C@@H](c2ccc(OCC)cc2)C(C(=O)OCC)=C(C)N=3)cccc1OC. The topological polar surface area (TPSA) is 88.4 Å². The number of rotatable bonds is 9. The third-order valence-electron chi connectivity index (χ3n) is 5.84. The molecule has 0 N–H and O–H groups in total. The van der Waals surface area contributed by atoms with E-state index in [0.717, 1.165) is 5.56 Å². The van der Waals surface area contributed by atoms with E-state index in [2.05, 4.69) is 10.9 Å². The van der Waals surface area contributed by atoms with Crippen molar-refractivity contribution in [3.63, 3.8) is 0 Å². The molecule has 1 aliphatic heterocycles. The van der Waals surface area contributed by atoms with E-state index in [1.54, 1.807) is 32.1 Å². The molecular weight excluding hydrogens is 504 g/mol. The van der Waals surface area contributed by atoms with Crippen molar-refractivity contribution in [3.05, 3.63) is 84.5 Å². The van der Waals surface area contributed by atoms with Crippen molar-refractivity contribution in [1.82, 2.24) is 4.57 Å². The minimum atomic E-state index is -0.717. The molecule has 0 unspecified atom stereocenters. The van der Waals surface area contributed by atoms with Gasteiger partial charge in [0.2, 0.25) is 0 Å². The number of ether oxygens (including phenoxy) is 4. The maximum Gasteiger partial charge on any atom is 0.338 e. The molecule has 0 fully saturated rings. The molecule has 2 aromatic carbocycles. The minimum absolute atomic E-state index is 0.0439. The van der Waals surface area contributed by atoms with E-state index in [4.69, 9.17) is 25.4 Å². The molecule has 2 heterocycles. The highest BCUT2D eigenvalue weighted by Crippen LogP contribution is 2.33. The van der Waals surface area contributed by atoms with Crippen LogP contribution < -0.4 is 29.1 Å². The molecule has 196 valence electrons. The predicted molar refractivity (Wildman–Crippen MR) is 145 cm³/mol. The third-order valence-corrected chi connectivity index (χ3v) is 6.82. The van der Waals surface area contributed by atoms with Crippen LogP contribution in [0.25, 0.3) is 6.08 Å². The van der Waals surface area contributed by atoms with Gasteiger partial charge in [-0.2, -0.15) is 0 Å². The van der Waals surface area contributed by atoms with Crippen LogP contribution in [0.3, 0.4) is 0 Å². The maximum absolute atomic E-state index is 13.9. The molecule has 0 amide bonds. The molecule has 0 saturated heterocycles. The largest absolute Gasteiger partial charge is 0.494 e. The summed E-state index contributed by atoms with van der Waals surface area (Å²) in [6, 6.07) is 12.0. The molecule has 0 bridgehead atoms. The van der Waals surface area contributed by atoms with Gasteiger partial charge in [0.15, 0.2) is 16.3 Å². The fourth-order valence-corrected chi connectivity index (χ4v) is 5.27. The van der Waals surface area contributed by atoms with E-state index >= 15 is 0 Å². The number of fused-ring (bicyclic) bond motifs is 1. The van der Waals surface area contributed by atoms with Gasteiger partial charge < -0.3 is 18.9 Å². The highest BCUT2D eigenvalue weighted by Gasteiger charge is 2.33. The Balaban J connectivity index is 1.92. The van der Waals surface area contributed by atoms with E-state index in [-0.39, 0.29) is 18.8 Å². The zero-order valence-corrected chi connectivity index (χ0v) is 22.5. The number of nitrogens with zero attached hydrogens (tertiary/aromatic N) is 2. The molecule has 4 rings (SSSR count). The number of carbonyl (C=O) groups excluding carboxylic acids is 1. The summed E-state index contributed by atoms with van der Waals surface area (Å²) in [7, 11) is 1.53. The molecule has 0 spiro atoms. The average molecular weight is 533 g/mol. The van der Waals surface area contributed by atoms with Gasteiger partial charge in [0.1, 0.15) is 12.4 Å². The highest BCUT2D eigenvalue weighted by molar-refractivity contribution is 7.07. The van der Waals surface area contributed by atoms with Crippen LogP contribution in [0.2, 0.25) is 0 Å². The number of para-hydroxylation sites is 1. The first-order valence-corrected chi connectivity index (χ1v) is 12.9. The lowest BCUT2D eigenvalue weighted by Gasteiger charge is -2.24. The first-order valence-electron chi connectivity index (χ1n) is 12.1. The summed E-state index contributed by atoms with van der Waals surface area (Å²) >= 11 is 1.22. The van der Waals surface area contributed by atoms with Crippen LogP contribution >= 0.6 is 11.3 Å². The summed E-state index contributed by atoms with van der Waals surface area (Å²) in [5.41, 5.74) is 1.87. The normalized spacial score (nSPS) is 14.8. The number of esters is 1. The first-order chi connectivity index (χ1) is 18.4. The summed E-state index contributed by atoms with van der Waals surface area (Å²) in [6.45, 7) is 6.16. The second-order valence-corrected chi connectivity index (χ2v) is 9.18. The summed E-state index contributed by atoms with van der Waals surface area (Å²) in [5.74, 6) is 3.56. The molecule has 38 heavy (non-hydrogen) atoms. The van der Waals surface area contributed by atoms with Crippen molar-refractivity contribution in [3.8, 4) is 29.6 Å². The summed E-state index contributed by atoms with van der Waals surface area (Å²) in [5, 5.41) is 0. The number of methoxy groups -OCH3 is 1. The molecule has 1 aromatic heterocycles. The second kappa shape index (κ2) is 11.8. The van der Waals surface area contributed by atoms with E-state index in [1.807, 2.05) is 37.3 Å². The lowest BCUT2D eigenvalue weighted by molar-refractivity contribution is -0.139. The lowest BCUT2D eigenvalue weighted by atomic mass is 9.96. The van der Waals surface area contributed by atoms with Gasteiger partial charge in [0.05, 0.1) is 42.2 Å². The van der Waals surface area contributed by atoms with Gasteiger partial charge in [0, 0.05) is 5.56 Å². The second-order valence-electron chi connectivity index (χ2n) is 8.18. The fraction of sp³-hybridized carbons (Fsp3) is 0.276. The van der Waals surface area contributed by atoms with Crippen LogP contribution in [-0.4, -0.2) is 37.5 Å². The standard InChI is InChI=1S/C29H28N2O6S/c1-6-16-37-26-20(10-9-11-22(26)34-5)17-23-27(32)31-25(19-12-14-21(15-13-19)35-7-2)24(28(33)36-8-3)18(4)30-29(31)38-23/h1,9-15,17,25H,7-8,16H2,2-5H3/b23-17-/t25-/m0/s1. The number of aromatic nitrogens is 1. The quantitative estimate of drug-likeness (QED) is 0.311. The monoisotopic (exact) mass is 532 g/mol. The number of terminal acetylenes is 1. The molecule has 3 aromatic rings. The third kappa shape index (κ3) is 5.22. The van der Waals surface area contributed by atoms with Crippen LogP contribution in [0.1, 0.15) is 37.9 Å². The van der Waals surface area contributed by atoms with E-state index < -0.39 is 12.0 Å². The molecule has 0 saturated carbocycles. The molecular formula is C29H28N2O6S. The summed E-state index contributed by atoms with van der Waals surface area (Å²) < 4.78 is 24.0. The molecule has 0 aliphatic carbocycles. The van der Waals surface area contributed by atoms with Crippen molar-refractivity contribution in [2.24, 2.45) is 4.99 Å². The van der Waals surface area contributed by atoms with Crippen LogP contribution in [0, 0.1) is 12.3 Å². The van der Waals surface area contributed by atoms with E-state index in [9.17, 15) is 9.59 Å². The zero-order chi connectivity index (χ0) is 27.2. The van der Waals surface area contributed by atoms with Crippen LogP contribution in [-0.2, 0) is 9.53 Å². The number of carbonyl (C=O) groups is 1. The molecule has 9 heteroatoms. The van der Waals surface area contributed by atoms with E-state index in [1.165, 1.54) is 23.0 Å². The Morgan fingerprint density at radius 1 is 1.16 bits per heavy atom. The van der Waals surface area contributed by atoms with Gasteiger partial charge in [-0.3, -0.25) is 9.36 Å². The zero-order valence-electron chi connectivity index (χ0n) is 21.6. The Labute approximate surface area is 224 Å². The predicted octanol–water partition coefficient (Wildman–Crippen LogP) is 3.22. The maximum atomic E-state index is 13.9. The molecule has 1 atom stereocenters. The Bertz CT molecular complexity index is 1590. The number of hydrogen-bond donors (Lipinski definition) is 0. The lowest BCUT2D eigenvalue weighted by Crippen LogP contribution is -2.39. The number of benzene rings is 2. The molecule has 8 nitrogen and oxygen atoms in total. The van der Waals surface area contributed by atoms with Crippen LogP contribution in [0.4, 0.5) is 0 Å². The first kappa shape index (κ1) is 26.8. The molecule has 1 aliphatic rings. The van der Waals surface area contributed by atoms with Crippen molar-refractivity contribution in [2.45, 2.75) is 26.8 Å². The van der Waals surface area contributed by atoms with E-state index in [0.29, 0.717) is 50.0 Å². The van der Waals surface area contributed by atoms with Gasteiger partial charge >= 0.3 is 5.97 Å². The van der Waals surface area contributed by atoms with Gasteiger partial charge in [-0.25, -0.2) is 9.79 Å². The Kier molecular flexibility index (Phi) is 8.34. The number of hydrogen-bond acceptors (Lipinski definition) is 8. The summed E-state index contributed by atoms with van der Waals surface area (Å²) in [6.07, 6.45) is 7.11. The van der Waals surface area contributed by atoms with Gasteiger partial charge in [-0.05, 0) is 50.6 Å². The Hall–Kier alpha value is -4.29. The van der Waals surface area contributed by atoms with Gasteiger partial charge in [0.25, 0.3) is 5.56 Å². The highest BCUT2D eigenvalue weighted by atomic mass is 32.1. The minimum Gasteiger partial charge on any atom is -0.494 e.